The summed E-state index contributed by atoms with van der Waals surface area (Å²) in [6.07, 6.45) is 0. The number of hydrogen-bond acceptors (Lipinski definition) is 4. The second kappa shape index (κ2) is 7.81. The van der Waals surface area contributed by atoms with E-state index in [1.807, 2.05) is 66.9 Å². The molecule has 28 heavy (non-hydrogen) atoms. The number of nitrogens with one attached hydrogen (secondary N) is 1. The minimum absolute atomic E-state index is 0.184. The van der Waals surface area contributed by atoms with Crippen LogP contribution in [0.5, 0.6) is 0 Å². The van der Waals surface area contributed by atoms with Crippen molar-refractivity contribution in [1.82, 2.24) is 9.88 Å². The molecule has 1 N–H and O–H groups in total. The first-order valence-electron chi connectivity index (χ1n) is 9.01. The van der Waals surface area contributed by atoms with E-state index in [1.54, 1.807) is 0 Å². The second-order valence-corrected chi connectivity index (χ2v) is 7.84. The van der Waals surface area contributed by atoms with Gasteiger partial charge in [-0.2, -0.15) is 5.10 Å². The van der Waals surface area contributed by atoms with Crippen LogP contribution < -0.4 is 5.32 Å². The van der Waals surface area contributed by atoms with E-state index in [-0.39, 0.29) is 5.91 Å². The van der Waals surface area contributed by atoms with Gasteiger partial charge in [0.25, 0.3) is 5.91 Å². The number of fused-ring (bicyclic) bond motifs is 1. The molecular formula is C21H19ClN4OS. The van der Waals surface area contributed by atoms with E-state index in [9.17, 15) is 4.79 Å². The molecule has 1 aliphatic rings. The Morgan fingerprint density at radius 1 is 1.21 bits per heavy atom. The van der Waals surface area contributed by atoms with Gasteiger partial charge in [-0.3, -0.25) is 10.1 Å². The summed E-state index contributed by atoms with van der Waals surface area (Å²) in [6, 6.07) is 15.6. The summed E-state index contributed by atoms with van der Waals surface area (Å²) in [5, 5.41) is 13.6. The minimum Gasteiger partial charge on any atom is -0.337 e. The Labute approximate surface area is 172 Å². The number of aryl methyl sites for hydroxylation is 2. The normalized spacial score (nSPS) is 14.0. The summed E-state index contributed by atoms with van der Waals surface area (Å²) in [7, 11) is 0. The summed E-state index contributed by atoms with van der Waals surface area (Å²) in [6.45, 7) is 4.65. The van der Waals surface area contributed by atoms with Gasteiger partial charge >= 0.3 is 0 Å². The van der Waals surface area contributed by atoms with Crippen molar-refractivity contribution >= 4 is 51.1 Å². The van der Waals surface area contributed by atoms with Crippen LogP contribution in [-0.2, 0) is 6.54 Å². The first kappa shape index (κ1) is 18.8. The van der Waals surface area contributed by atoms with E-state index < -0.39 is 0 Å². The summed E-state index contributed by atoms with van der Waals surface area (Å²) < 4.78 is 2.00. The van der Waals surface area contributed by atoms with Gasteiger partial charge in [0, 0.05) is 28.2 Å². The molecule has 4 rings (SSSR count). The molecule has 2 aromatic carbocycles. The predicted octanol–water partition coefficient (Wildman–Crippen LogP) is 4.86. The number of halogens is 1. The summed E-state index contributed by atoms with van der Waals surface area (Å²) in [5.74, 6) is 0.477. The van der Waals surface area contributed by atoms with Crippen molar-refractivity contribution in [2.45, 2.75) is 20.4 Å². The number of aromatic nitrogens is 1. The third-order valence-corrected chi connectivity index (χ3v) is 5.85. The third kappa shape index (κ3) is 3.45. The van der Waals surface area contributed by atoms with Crippen LogP contribution in [0.3, 0.4) is 0 Å². The van der Waals surface area contributed by atoms with Crippen molar-refractivity contribution in [2.24, 2.45) is 10.2 Å². The molecule has 0 aliphatic carbocycles. The van der Waals surface area contributed by atoms with Gasteiger partial charge in [0.05, 0.1) is 5.71 Å². The number of carbonyl (C=O) groups excluding carboxylic acids is 1. The first-order valence-corrected chi connectivity index (χ1v) is 10.4. The number of amidine groups is 1. The molecule has 0 radical (unpaired) electrons. The molecule has 1 aromatic heterocycles. The number of amides is 1. The molecule has 1 amide bonds. The minimum atomic E-state index is -0.184. The van der Waals surface area contributed by atoms with Crippen LogP contribution in [-0.4, -0.2) is 27.1 Å². The predicted molar refractivity (Wildman–Crippen MR) is 118 cm³/mol. The zero-order valence-electron chi connectivity index (χ0n) is 15.6. The highest BCUT2D eigenvalue weighted by atomic mass is 35.5. The van der Waals surface area contributed by atoms with Crippen LogP contribution in [0.15, 0.2) is 58.7 Å². The lowest BCUT2D eigenvalue weighted by molar-refractivity contribution is 0.0969. The van der Waals surface area contributed by atoms with Gasteiger partial charge in [0.1, 0.15) is 5.69 Å². The maximum absolute atomic E-state index is 13.0. The van der Waals surface area contributed by atoms with Gasteiger partial charge in [-0.15, -0.1) is 5.10 Å². The van der Waals surface area contributed by atoms with E-state index >= 15 is 0 Å². The van der Waals surface area contributed by atoms with E-state index in [4.69, 9.17) is 11.6 Å². The van der Waals surface area contributed by atoms with Gasteiger partial charge in [0.2, 0.25) is 0 Å². The molecule has 0 saturated heterocycles. The Morgan fingerprint density at radius 2 is 2.00 bits per heavy atom. The number of rotatable bonds is 3. The molecule has 1 aliphatic heterocycles. The molecule has 0 fully saturated rings. The lowest BCUT2D eigenvalue weighted by Gasteiger charge is -2.14. The molecule has 7 heteroatoms. The maximum atomic E-state index is 13.0. The number of nitrogens with zero attached hydrogens (tertiary/aromatic N) is 3. The fourth-order valence-corrected chi connectivity index (χ4v) is 4.34. The Kier molecular flexibility index (Phi) is 5.24. The quantitative estimate of drug-likeness (QED) is 0.670. The molecule has 142 valence electrons. The van der Waals surface area contributed by atoms with Crippen LogP contribution in [0.4, 0.5) is 0 Å². The number of thioether (sulfide) groups is 1. The number of benzene rings is 2. The largest absolute Gasteiger partial charge is 0.337 e. The standard InChI is InChI=1S/C21H19ClN4OS/c1-3-26-18-10-9-15(22)11-16(18)13(2)19(26)20(27)23-21-25-24-17(12-28-21)14-7-5-4-6-8-14/h4-11H,3,12H2,1-2H3,(H,23,25,27). The van der Waals surface area contributed by atoms with Crippen LogP contribution in [0.2, 0.25) is 5.02 Å². The van der Waals surface area contributed by atoms with Crippen molar-refractivity contribution in [2.75, 3.05) is 5.75 Å². The molecule has 0 spiro atoms. The van der Waals surface area contributed by atoms with E-state index in [0.717, 1.165) is 27.7 Å². The lowest BCUT2D eigenvalue weighted by Crippen LogP contribution is -2.32. The Bertz CT molecular complexity index is 1120. The fraction of sp³-hybridized carbons (Fsp3) is 0.190. The monoisotopic (exact) mass is 410 g/mol. The summed E-state index contributed by atoms with van der Waals surface area (Å²) in [4.78, 5) is 13.0. The maximum Gasteiger partial charge on any atom is 0.274 e. The second-order valence-electron chi connectivity index (χ2n) is 6.44. The van der Waals surface area contributed by atoms with Crippen LogP contribution >= 0.6 is 23.4 Å². The van der Waals surface area contributed by atoms with Crippen LogP contribution in [0.25, 0.3) is 10.9 Å². The highest BCUT2D eigenvalue weighted by Crippen LogP contribution is 2.28. The van der Waals surface area contributed by atoms with Crippen molar-refractivity contribution in [1.29, 1.82) is 0 Å². The molecular weight excluding hydrogens is 392 g/mol. The fourth-order valence-electron chi connectivity index (χ4n) is 3.41. The van der Waals surface area contributed by atoms with E-state index in [0.29, 0.717) is 28.2 Å². The average Bonchev–Trinajstić information content (AvgIpc) is 3.00. The van der Waals surface area contributed by atoms with E-state index in [1.165, 1.54) is 11.8 Å². The van der Waals surface area contributed by atoms with Gasteiger partial charge in [-0.1, -0.05) is 53.7 Å². The third-order valence-electron chi connectivity index (χ3n) is 4.74. The highest BCUT2D eigenvalue weighted by Gasteiger charge is 2.22. The zero-order valence-corrected chi connectivity index (χ0v) is 17.1. The smallest absolute Gasteiger partial charge is 0.274 e. The Balaban J connectivity index is 1.62. The number of carbonyl (C=O) groups is 1. The summed E-state index contributed by atoms with van der Waals surface area (Å²) >= 11 is 7.62. The topological polar surface area (TPSA) is 58.8 Å². The van der Waals surface area contributed by atoms with Gasteiger partial charge in [-0.25, -0.2) is 0 Å². The summed E-state index contributed by atoms with van der Waals surface area (Å²) in [5.41, 5.74) is 4.48. The number of hydrogen-bond donors (Lipinski definition) is 1. The lowest BCUT2D eigenvalue weighted by atomic mass is 10.1. The van der Waals surface area contributed by atoms with Crippen LogP contribution in [0, 0.1) is 6.92 Å². The van der Waals surface area contributed by atoms with E-state index in [2.05, 4.69) is 15.5 Å². The van der Waals surface area contributed by atoms with Gasteiger partial charge in [0.15, 0.2) is 5.17 Å². The van der Waals surface area contributed by atoms with Crippen LogP contribution in [0.1, 0.15) is 28.5 Å². The molecule has 0 bridgehead atoms. The zero-order chi connectivity index (χ0) is 19.7. The van der Waals surface area contributed by atoms with Crippen molar-refractivity contribution < 1.29 is 4.79 Å². The Hall–Kier alpha value is -2.57. The molecule has 0 atom stereocenters. The van der Waals surface area contributed by atoms with Crippen molar-refractivity contribution in [3.05, 3.63) is 70.4 Å². The average molecular weight is 411 g/mol. The first-order chi connectivity index (χ1) is 13.6. The molecule has 0 saturated carbocycles. The molecule has 3 aromatic rings. The highest BCUT2D eigenvalue weighted by molar-refractivity contribution is 8.14. The molecule has 2 heterocycles. The van der Waals surface area contributed by atoms with Crippen molar-refractivity contribution in [3.8, 4) is 0 Å². The van der Waals surface area contributed by atoms with Gasteiger partial charge in [-0.05, 0) is 43.2 Å². The molecule has 5 nitrogen and oxygen atoms in total. The van der Waals surface area contributed by atoms with Gasteiger partial charge < -0.3 is 4.57 Å². The SMILES string of the molecule is CCn1c(C(=O)NC2=NN=C(c3ccccc3)CS2)c(C)c2cc(Cl)ccc21. The Morgan fingerprint density at radius 3 is 2.68 bits per heavy atom. The molecule has 0 unspecified atom stereocenters. The van der Waals surface area contributed by atoms with Crippen molar-refractivity contribution in [3.63, 3.8) is 0 Å².